The van der Waals surface area contributed by atoms with Crippen LogP contribution in [0.15, 0.2) is 17.6 Å². The molecule has 0 unspecified atom stereocenters. The van der Waals surface area contributed by atoms with Gasteiger partial charge in [-0.15, -0.1) is 11.3 Å². The second-order valence-corrected chi connectivity index (χ2v) is 2.44. The van der Waals surface area contributed by atoms with Gasteiger partial charge in [-0.05, 0) is 23.7 Å². The van der Waals surface area contributed by atoms with Gasteiger partial charge >= 0.3 is 0 Å². The number of thiophene rings is 1. The lowest BCUT2D eigenvalue weighted by Crippen LogP contribution is -1.75. The first kappa shape index (κ1) is 6.29. The van der Waals surface area contributed by atoms with Crippen LogP contribution in [0.5, 0.6) is 0 Å². The average molecular weight is 143 g/mol. The lowest BCUT2D eigenvalue weighted by atomic mass is 10.4. The maximum Gasteiger partial charge on any atom is 0.141 e. The molecule has 0 saturated carbocycles. The van der Waals surface area contributed by atoms with Crippen molar-refractivity contribution in [3.63, 3.8) is 0 Å². The summed E-state index contributed by atoms with van der Waals surface area (Å²) >= 11 is 1.33. The molecule has 0 amide bonds. The van der Waals surface area contributed by atoms with Crippen LogP contribution < -0.4 is 5.73 Å². The van der Waals surface area contributed by atoms with Crippen LogP contribution in [0.3, 0.4) is 0 Å². The quantitative estimate of drug-likeness (QED) is 0.637. The fraction of sp³-hybridized carbons (Fsp3) is 0. The number of nitrogens with two attached hydrogens (primary N) is 1. The van der Waals surface area contributed by atoms with Gasteiger partial charge in [-0.1, -0.05) is 0 Å². The Kier molecular flexibility index (Phi) is 1.85. The molecule has 0 saturated heterocycles. The molecule has 48 valence electrons. The topological polar surface area (TPSA) is 26.0 Å². The van der Waals surface area contributed by atoms with Gasteiger partial charge in [-0.25, -0.2) is 4.39 Å². The van der Waals surface area contributed by atoms with E-state index in [4.69, 9.17) is 5.73 Å². The summed E-state index contributed by atoms with van der Waals surface area (Å²) in [5.41, 5.74) is 5.05. The molecular formula is C6H6FNS. The standard InChI is InChI=1S/C6H6FNS/c7-5-2-4-9-6(5)1-3-8/h1-4H,8H2/b3-1+. The van der Waals surface area contributed by atoms with Crippen LogP contribution in [-0.2, 0) is 0 Å². The maximum absolute atomic E-state index is 12.4. The van der Waals surface area contributed by atoms with Gasteiger partial charge < -0.3 is 5.73 Å². The molecule has 0 aliphatic carbocycles. The van der Waals surface area contributed by atoms with E-state index in [2.05, 4.69) is 0 Å². The van der Waals surface area contributed by atoms with Crippen molar-refractivity contribution in [2.45, 2.75) is 0 Å². The van der Waals surface area contributed by atoms with E-state index in [1.54, 1.807) is 11.5 Å². The van der Waals surface area contributed by atoms with E-state index >= 15 is 0 Å². The highest BCUT2D eigenvalue weighted by atomic mass is 32.1. The zero-order valence-electron chi connectivity index (χ0n) is 4.67. The molecule has 0 fully saturated rings. The third kappa shape index (κ3) is 1.29. The maximum atomic E-state index is 12.4. The lowest BCUT2D eigenvalue weighted by molar-refractivity contribution is 0.631. The van der Waals surface area contributed by atoms with Gasteiger partial charge in [0, 0.05) is 0 Å². The van der Waals surface area contributed by atoms with Crippen LogP contribution in [0.4, 0.5) is 4.39 Å². The molecule has 2 N–H and O–H groups in total. The van der Waals surface area contributed by atoms with Crippen LogP contribution in [0.25, 0.3) is 6.08 Å². The van der Waals surface area contributed by atoms with Crippen molar-refractivity contribution >= 4 is 17.4 Å². The molecule has 0 atom stereocenters. The molecule has 1 rings (SSSR count). The summed E-state index contributed by atoms with van der Waals surface area (Å²) in [7, 11) is 0. The number of halogens is 1. The van der Waals surface area contributed by atoms with E-state index < -0.39 is 0 Å². The van der Waals surface area contributed by atoms with Crippen LogP contribution >= 0.6 is 11.3 Å². The first-order valence-electron chi connectivity index (χ1n) is 2.46. The summed E-state index contributed by atoms with van der Waals surface area (Å²) < 4.78 is 12.4. The van der Waals surface area contributed by atoms with Gasteiger partial charge in [-0.3, -0.25) is 0 Å². The molecular weight excluding hydrogens is 137 g/mol. The Morgan fingerprint density at radius 3 is 2.89 bits per heavy atom. The van der Waals surface area contributed by atoms with Gasteiger partial charge in [0.1, 0.15) is 5.82 Å². The average Bonchev–Trinajstić information content (AvgIpc) is 2.18. The zero-order chi connectivity index (χ0) is 6.69. The molecule has 0 bridgehead atoms. The van der Waals surface area contributed by atoms with Crippen molar-refractivity contribution in [2.24, 2.45) is 5.73 Å². The minimum absolute atomic E-state index is 0.207. The predicted octanol–water partition coefficient (Wildman–Crippen LogP) is 1.82. The number of rotatable bonds is 1. The smallest absolute Gasteiger partial charge is 0.141 e. The summed E-state index contributed by atoms with van der Waals surface area (Å²) in [6.07, 6.45) is 2.87. The third-order valence-electron chi connectivity index (χ3n) is 0.892. The zero-order valence-corrected chi connectivity index (χ0v) is 5.49. The highest BCUT2D eigenvalue weighted by molar-refractivity contribution is 7.10. The van der Waals surface area contributed by atoms with Crippen molar-refractivity contribution in [1.29, 1.82) is 0 Å². The fourth-order valence-corrected chi connectivity index (χ4v) is 1.18. The van der Waals surface area contributed by atoms with E-state index in [1.165, 1.54) is 23.6 Å². The van der Waals surface area contributed by atoms with Gasteiger partial charge in [0.15, 0.2) is 0 Å². The van der Waals surface area contributed by atoms with Crippen molar-refractivity contribution in [1.82, 2.24) is 0 Å². The first-order chi connectivity index (χ1) is 4.34. The largest absolute Gasteiger partial charge is 0.405 e. The van der Waals surface area contributed by atoms with E-state index in [1.807, 2.05) is 0 Å². The Labute approximate surface area is 56.6 Å². The second-order valence-electron chi connectivity index (χ2n) is 1.49. The molecule has 1 aromatic rings. The molecule has 1 aromatic heterocycles. The molecule has 0 aliphatic rings. The molecule has 0 aromatic carbocycles. The second kappa shape index (κ2) is 2.64. The van der Waals surface area contributed by atoms with Gasteiger partial charge in [-0.2, -0.15) is 0 Å². The minimum atomic E-state index is -0.207. The highest BCUT2D eigenvalue weighted by Gasteiger charge is 1.95. The van der Waals surface area contributed by atoms with E-state index in [9.17, 15) is 4.39 Å². The van der Waals surface area contributed by atoms with Crippen molar-refractivity contribution in [3.8, 4) is 0 Å². The minimum Gasteiger partial charge on any atom is -0.405 e. The SMILES string of the molecule is N/C=C/c1sccc1F. The third-order valence-corrected chi connectivity index (χ3v) is 1.75. The summed E-state index contributed by atoms with van der Waals surface area (Å²) in [6, 6.07) is 1.42. The lowest BCUT2D eigenvalue weighted by Gasteiger charge is -1.80. The molecule has 0 radical (unpaired) electrons. The van der Waals surface area contributed by atoms with Crippen molar-refractivity contribution in [3.05, 3.63) is 28.3 Å². The van der Waals surface area contributed by atoms with Crippen LogP contribution in [-0.4, -0.2) is 0 Å². The Hall–Kier alpha value is -0.830. The Balaban J connectivity index is 2.94. The summed E-state index contributed by atoms with van der Waals surface area (Å²) in [5, 5.41) is 1.69. The fourth-order valence-electron chi connectivity index (χ4n) is 0.512. The molecule has 3 heteroatoms. The monoisotopic (exact) mass is 143 g/mol. The molecule has 0 aliphatic heterocycles. The highest BCUT2D eigenvalue weighted by Crippen LogP contribution is 2.15. The molecule has 1 nitrogen and oxygen atoms in total. The molecule has 9 heavy (non-hydrogen) atoms. The van der Waals surface area contributed by atoms with Crippen LogP contribution in [0.2, 0.25) is 0 Å². The number of hydrogen-bond donors (Lipinski definition) is 1. The van der Waals surface area contributed by atoms with Crippen molar-refractivity contribution in [2.75, 3.05) is 0 Å². The van der Waals surface area contributed by atoms with Gasteiger partial charge in [0.05, 0.1) is 4.88 Å². The first-order valence-corrected chi connectivity index (χ1v) is 3.34. The number of hydrogen-bond acceptors (Lipinski definition) is 2. The van der Waals surface area contributed by atoms with Crippen LogP contribution in [0.1, 0.15) is 4.88 Å². The van der Waals surface area contributed by atoms with E-state index in [0.29, 0.717) is 4.88 Å². The van der Waals surface area contributed by atoms with E-state index in [0.717, 1.165) is 0 Å². The Morgan fingerprint density at radius 1 is 1.67 bits per heavy atom. The summed E-state index contributed by atoms with van der Waals surface area (Å²) in [5.74, 6) is -0.207. The summed E-state index contributed by atoms with van der Waals surface area (Å²) in [4.78, 5) is 0.581. The van der Waals surface area contributed by atoms with Crippen LogP contribution in [0, 0.1) is 5.82 Å². The summed E-state index contributed by atoms with van der Waals surface area (Å²) in [6.45, 7) is 0. The Bertz CT molecular complexity index is 217. The molecule has 1 heterocycles. The van der Waals surface area contributed by atoms with Gasteiger partial charge in [0.25, 0.3) is 0 Å². The molecule has 0 spiro atoms. The van der Waals surface area contributed by atoms with Gasteiger partial charge in [0.2, 0.25) is 0 Å². The Morgan fingerprint density at radius 2 is 2.44 bits per heavy atom. The van der Waals surface area contributed by atoms with Crippen molar-refractivity contribution < 1.29 is 4.39 Å². The predicted molar refractivity (Wildman–Crippen MR) is 37.5 cm³/mol. The normalized spacial score (nSPS) is 10.8. The van der Waals surface area contributed by atoms with E-state index in [-0.39, 0.29) is 5.82 Å².